The molecule has 1 saturated heterocycles. The number of hydrogen-bond acceptors (Lipinski definition) is 16. The molecule has 4 heterocycles. The van der Waals surface area contributed by atoms with Gasteiger partial charge in [0.1, 0.15) is 48.6 Å². The number of esters is 5. The van der Waals surface area contributed by atoms with Crippen LogP contribution in [0.5, 0.6) is 0 Å². The minimum atomic E-state index is -2.38. The molecule has 0 unspecified atom stereocenters. The van der Waals surface area contributed by atoms with Crippen LogP contribution in [0.15, 0.2) is 69.0 Å². The second kappa shape index (κ2) is 12.4. The van der Waals surface area contributed by atoms with E-state index in [1.54, 1.807) is 13.8 Å². The fraction of sp³-hybridized carbons (Fsp3) is 0.500. The first-order chi connectivity index (χ1) is 23.6. The van der Waals surface area contributed by atoms with Crippen LogP contribution in [-0.2, 0) is 38.0 Å². The summed E-state index contributed by atoms with van der Waals surface area (Å²) in [4.78, 5) is 66.4. The molecule has 2 aliphatic carbocycles. The average molecular weight is 701 g/mol. The van der Waals surface area contributed by atoms with Crippen molar-refractivity contribution in [3.63, 3.8) is 0 Å². The van der Waals surface area contributed by atoms with Gasteiger partial charge < -0.3 is 51.9 Å². The summed E-state index contributed by atoms with van der Waals surface area (Å²) in [5, 5.41) is 25.0. The molecule has 16 heteroatoms. The van der Waals surface area contributed by atoms with E-state index in [4.69, 9.17) is 41.7 Å². The molecule has 50 heavy (non-hydrogen) atoms. The molecule has 1 aliphatic heterocycles. The van der Waals surface area contributed by atoms with Crippen molar-refractivity contribution in [2.75, 3.05) is 6.61 Å². The van der Waals surface area contributed by atoms with Gasteiger partial charge in [-0.1, -0.05) is 0 Å². The monoisotopic (exact) mass is 700 g/mol. The number of carbonyl (C=O) groups is 5. The minimum absolute atomic E-state index is 0.0432. The van der Waals surface area contributed by atoms with E-state index >= 15 is 0 Å². The highest BCUT2D eigenvalue weighted by Gasteiger charge is 2.88. The summed E-state index contributed by atoms with van der Waals surface area (Å²) >= 11 is 0. The Bertz CT molecular complexity index is 1740. The minimum Gasteiger partial charge on any atom is -0.472 e. The van der Waals surface area contributed by atoms with Crippen LogP contribution in [-0.4, -0.2) is 94.0 Å². The van der Waals surface area contributed by atoms with Gasteiger partial charge in [0.2, 0.25) is 0 Å². The highest BCUT2D eigenvalue weighted by molar-refractivity contribution is 5.90. The summed E-state index contributed by atoms with van der Waals surface area (Å²) < 4.78 is 51.5. The lowest BCUT2D eigenvalue weighted by Gasteiger charge is -2.66. The zero-order valence-electron chi connectivity index (χ0n) is 27.7. The molecule has 0 amide bonds. The van der Waals surface area contributed by atoms with Crippen molar-refractivity contribution in [3.8, 4) is 0 Å². The highest BCUT2D eigenvalue weighted by Crippen LogP contribution is 2.69. The summed E-state index contributed by atoms with van der Waals surface area (Å²) in [5.74, 6) is -5.99. The molecule has 3 fully saturated rings. The van der Waals surface area contributed by atoms with Crippen LogP contribution in [0, 0.1) is 11.3 Å². The van der Waals surface area contributed by atoms with Gasteiger partial charge in [0.05, 0.1) is 58.7 Å². The molecule has 268 valence electrons. The van der Waals surface area contributed by atoms with Gasteiger partial charge >= 0.3 is 29.8 Å². The van der Waals surface area contributed by atoms with Crippen LogP contribution in [0.1, 0.15) is 72.1 Å². The lowest BCUT2D eigenvalue weighted by atomic mass is 9.45. The zero-order chi connectivity index (χ0) is 36.2. The van der Waals surface area contributed by atoms with Gasteiger partial charge in [0.25, 0.3) is 0 Å². The van der Waals surface area contributed by atoms with Gasteiger partial charge in [-0.2, -0.15) is 0 Å². The number of aliphatic hydroxyl groups is 2. The fourth-order valence-electron chi connectivity index (χ4n) is 8.14. The van der Waals surface area contributed by atoms with Gasteiger partial charge in [0.15, 0.2) is 12.2 Å². The van der Waals surface area contributed by atoms with Crippen molar-refractivity contribution in [2.24, 2.45) is 11.3 Å². The number of furan rings is 3. The topological polar surface area (TPSA) is 221 Å². The first-order valence-corrected chi connectivity index (χ1v) is 15.7. The van der Waals surface area contributed by atoms with Gasteiger partial charge in [0, 0.05) is 20.3 Å². The Morgan fingerprint density at radius 3 is 1.78 bits per heavy atom. The Morgan fingerprint density at radius 1 is 0.760 bits per heavy atom. The number of carbonyl (C=O) groups excluding carboxylic acids is 5. The normalized spacial score (nSPS) is 33.8. The van der Waals surface area contributed by atoms with Crippen LogP contribution in [0.2, 0.25) is 0 Å². The average Bonchev–Trinajstić information content (AvgIpc) is 3.85. The maximum absolute atomic E-state index is 13.9. The second-order valence-electron chi connectivity index (χ2n) is 13.4. The van der Waals surface area contributed by atoms with Gasteiger partial charge in [-0.05, 0) is 39.0 Å². The lowest BCUT2D eigenvalue weighted by Crippen LogP contribution is -2.85. The third kappa shape index (κ3) is 5.38. The van der Waals surface area contributed by atoms with Crippen molar-refractivity contribution in [3.05, 3.63) is 72.5 Å². The number of fused-ring (bicyclic) bond motifs is 1. The summed E-state index contributed by atoms with van der Waals surface area (Å²) in [7, 11) is 0. The van der Waals surface area contributed by atoms with Crippen LogP contribution in [0.4, 0.5) is 0 Å². The molecule has 3 aliphatic rings. The molecule has 1 spiro atoms. The molecule has 0 aromatic carbocycles. The maximum Gasteiger partial charge on any atom is 0.341 e. The quantitative estimate of drug-likeness (QED) is 0.242. The van der Waals surface area contributed by atoms with E-state index < -0.39 is 102 Å². The molecule has 3 aromatic heterocycles. The molecular weight excluding hydrogens is 664 g/mol. The zero-order valence-corrected chi connectivity index (χ0v) is 27.7. The van der Waals surface area contributed by atoms with Crippen LogP contribution in [0.25, 0.3) is 0 Å². The van der Waals surface area contributed by atoms with E-state index in [2.05, 4.69) is 0 Å². The smallest absolute Gasteiger partial charge is 0.341 e. The van der Waals surface area contributed by atoms with Crippen LogP contribution >= 0.6 is 0 Å². The SMILES string of the molecule is CC(=O)O[C@H]1C[C@](C)(O)[C@]23OC(C)(C)[C@H]([C@@H](OC(=O)c4ccoc4)[C@H](OC(=O)c4ccoc4)[C@]2(COC(=O)c2ccoc2)[C@H]1OC(C)=O)[C@H]3O. The van der Waals surface area contributed by atoms with Crippen LogP contribution in [0.3, 0.4) is 0 Å². The number of aliphatic hydroxyl groups excluding tert-OH is 1. The number of rotatable bonds is 9. The van der Waals surface area contributed by atoms with E-state index in [1.807, 2.05) is 0 Å². The van der Waals surface area contributed by atoms with E-state index in [9.17, 15) is 34.2 Å². The van der Waals surface area contributed by atoms with Crippen molar-refractivity contribution >= 4 is 29.8 Å². The van der Waals surface area contributed by atoms with E-state index in [-0.39, 0.29) is 16.7 Å². The van der Waals surface area contributed by atoms with Gasteiger partial charge in [-0.15, -0.1) is 0 Å². The van der Waals surface area contributed by atoms with Crippen molar-refractivity contribution in [1.29, 1.82) is 0 Å². The molecule has 2 saturated carbocycles. The van der Waals surface area contributed by atoms with Crippen LogP contribution < -0.4 is 0 Å². The Balaban J connectivity index is 1.65. The Morgan fingerprint density at radius 2 is 1.28 bits per heavy atom. The number of ether oxygens (including phenoxy) is 6. The molecule has 16 nitrogen and oxygen atoms in total. The second-order valence-corrected chi connectivity index (χ2v) is 13.4. The highest BCUT2D eigenvalue weighted by atomic mass is 16.6. The number of hydrogen-bond donors (Lipinski definition) is 2. The summed E-state index contributed by atoms with van der Waals surface area (Å²) in [6, 6.07) is 3.93. The summed E-state index contributed by atoms with van der Waals surface area (Å²) in [6.07, 6.45) is -2.10. The summed E-state index contributed by atoms with van der Waals surface area (Å²) in [6.45, 7) is 5.64. The van der Waals surface area contributed by atoms with Crippen molar-refractivity contribution in [2.45, 2.75) is 88.4 Å². The molecular formula is C34H36O16. The predicted molar refractivity (Wildman–Crippen MR) is 161 cm³/mol. The Hall–Kier alpha value is -4.93. The van der Waals surface area contributed by atoms with E-state index in [1.165, 1.54) is 43.9 Å². The molecule has 2 bridgehead atoms. The van der Waals surface area contributed by atoms with E-state index in [0.29, 0.717) is 0 Å². The molecule has 6 rings (SSSR count). The Kier molecular flexibility index (Phi) is 8.69. The molecule has 2 N–H and O–H groups in total. The molecule has 9 atom stereocenters. The van der Waals surface area contributed by atoms with Crippen molar-refractivity contribution in [1.82, 2.24) is 0 Å². The third-order valence-corrected chi connectivity index (χ3v) is 9.88. The van der Waals surface area contributed by atoms with Gasteiger partial charge in [-0.3, -0.25) is 9.59 Å². The largest absolute Gasteiger partial charge is 0.472 e. The Labute approximate surface area is 284 Å². The third-order valence-electron chi connectivity index (χ3n) is 9.88. The van der Waals surface area contributed by atoms with Gasteiger partial charge in [-0.25, -0.2) is 14.4 Å². The van der Waals surface area contributed by atoms with Crippen molar-refractivity contribution < 1.29 is 75.9 Å². The predicted octanol–water partition coefficient (Wildman–Crippen LogP) is 2.62. The molecule has 0 radical (unpaired) electrons. The first kappa shape index (κ1) is 34.9. The lowest BCUT2D eigenvalue weighted by molar-refractivity contribution is -0.361. The van der Waals surface area contributed by atoms with E-state index in [0.717, 1.165) is 32.6 Å². The standard InChI is InChI=1S/C34H36O16/c1-17(35)46-22-12-32(5,41)34-25(37)23(31(3,4)50-34)24(48-29(39)20-7-10-43-14-20)27(49-30(40)21-8-11-44-15-21)33(34,26(22)47-18(2)36)16-45-28(38)19-6-9-42-13-19/h6-11,13-15,22-27,37,41H,12,16H2,1-5H3/t22-,23+,24+,25+,26-,27-,32-,33-,34-/m0/s1. The first-order valence-electron chi connectivity index (χ1n) is 15.7. The molecule has 3 aromatic rings. The maximum atomic E-state index is 13.9. The summed E-state index contributed by atoms with van der Waals surface area (Å²) in [5.41, 5.74) is -8.60. The fourth-order valence-corrected chi connectivity index (χ4v) is 8.14.